The number of hydrogen-bond acceptors (Lipinski definition) is 5. The maximum atomic E-state index is 5.87. The molecule has 0 radical (unpaired) electrons. The van der Waals surface area contributed by atoms with Crippen molar-refractivity contribution >= 4 is 17.1 Å². The third-order valence-corrected chi connectivity index (χ3v) is 3.34. The maximum Gasteiger partial charge on any atom is 0.295 e. The van der Waals surface area contributed by atoms with E-state index < -0.39 is 0 Å². The zero-order chi connectivity index (χ0) is 14.1. The van der Waals surface area contributed by atoms with Crippen molar-refractivity contribution in [1.29, 1.82) is 0 Å². The fraction of sp³-hybridized carbons (Fsp3) is 0.188. The Labute approximate surface area is 121 Å². The predicted molar refractivity (Wildman–Crippen MR) is 78.9 cm³/mol. The second-order valence-corrected chi connectivity index (χ2v) is 4.87. The van der Waals surface area contributed by atoms with Crippen LogP contribution in [0.25, 0.3) is 11.1 Å². The molecule has 0 aliphatic carbocycles. The van der Waals surface area contributed by atoms with E-state index in [0.29, 0.717) is 19.2 Å². The number of benzene rings is 2. The van der Waals surface area contributed by atoms with E-state index in [4.69, 9.17) is 13.9 Å². The first-order valence-corrected chi connectivity index (χ1v) is 6.86. The van der Waals surface area contributed by atoms with E-state index in [1.54, 1.807) is 0 Å². The lowest BCUT2D eigenvalue weighted by atomic mass is 10.2. The van der Waals surface area contributed by atoms with Crippen LogP contribution in [0, 0.1) is 0 Å². The van der Waals surface area contributed by atoms with E-state index >= 15 is 0 Å². The van der Waals surface area contributed by atoms with Crippen LogP contribution in [-0.2, 0) is 0 Å². The monoisotopic (exact) mass is 282 g/mol. The van der Waals surface area contributed by atoms with E-state index in [0.717, 1.165) is 22.6 Å². The number of rotatable bonds is 3. The highest BCUT2D eigenvalue weighted by Crippen LogP contribution is 2.30. The summed E-state index contributed by atoms with van der Waals surface area (Å²) in [6, 6.07) is 15.8. The summed E-state index contributed by atoms with van der Waals surface area (Å²) in [5.41, 5.74) is 1.61. The summed E-state index contributed by atoms with van der Waals surface area (Å²) in [6.45, 7) is 1.07. The molecule has 1 aliphatic heterocycles. The Balaban J connectivity index is 1.43. The molecule has 1 atom stereocenters. The molecule has 1 aliphatic rings. The molecule has 0 unspecified atom stereocenters. The van der Waals surface area contributed by atoms with Crippen molar-refractivity contribution < 1.29 is 13.9 Å². The van der Waals surface area contributed by atoms with Crippen LogP contribution in [0.15, 0.2) is 52.9 Å². The van der Waals surface area contributed by atoms with Gasteiger partial charge >= 0.3 is 0 Å². The standard InChI is InChI=1S/C16H14N2O3/c1-2-6-13-12(5-1)18-16(21-13)17-9-11-10-19-14-7-3-4-8-15(14)20-11/h1-8,11H,9-10H2,(H,17,18)/t11-/m1/s1. The smallest absolute Gasteiger partial charge is 0.295 e. The Morgan fingerprint density at radius 3 is 2.76 bits per heavy atom. The van der Waals surface area contributed by atoms with Crippen LogP contribution < -0.4 is 14.8 Å². The molecule has 21 heavy (non-hydrogen) atoms. The average Bonchev–Trinajstić information content (AvgIpc) is 2.95. The van der Waals surface area contributed by atoms with Crippen LogP contribution in [0.3, 0.4) is 0 Å². The van der Waals surface area contributed by atoms with Crippen molar-refractivity contribution in [1.82, 2.24) is 4.98 Å². The zero-order valence-electron chi connectivity index (χ0n) is 11.3. The fourth-order valence-corrected chi connectivity index (χ4v) is 2.31. The van der Waals surface area contributed by atoms with Crippen molar-refractivity contribution in [3.05, 3.63) is 48.5 Å². The van der Waals surface area contributed by atoms with Gasteiger partial charge in [-0.3, -0.25) is 0 Å². The number of fused-ring (bicyclic) bond motifs is 2. The van der Waals surface area contributed by atoms with Crippen molar-refractivity contribution in [3.8, 4) is 11.5 Å². The topological polar surface area (TPSA) is 56.5 Å². The Kier molecular flexibility index (Phi) is 2.88. The van der Waals surface area contributed by atoms with E-state index in [1.807, 2.05) is 48.5 Å². The molecule has 2 heterocycles. The van der Waals surface area contributed by atoms with Gasteiger partial charge < -0.3 is 19.2 Å². The first-order chi connectivity index (χ1) is 10.4. The highest BCUT2D eigenvalue weighted by atomic mass is 16.6. The number of para-hydroxylation sites is 4. The molecule has 0 saturated carbocycles. The lowest BCUT2D eigenvalue weighted by Crippen LogP contribution is -2.35. The minimum absolute atomic E-state index is 0.0742. The van der Waals surface area contributed by atoms with Gasteiger partial charge in [-0.2, -0.15) is 4.98 Å². The molecule has 0 bridgehead atoms. The summed E-state index contributed by atoms with van der Waals surface area (Å²) < 4.78 is 17.1. The maximum absolute atomic E-state index is 5.87. The van der Waals surface area contributed by atoms with Crippen LogP contribution in [0.4, 0.5) is 6.01 Å². The lowest BCUT2D eigenvalue weighted by molar-refractivity contribution is 0.0994. The van der Waals surface area contributed by atoms with Gasteiger partial charge in [-0.1, -0.05) is 24.3 Å². The van der Waals surface area contributed by atoms with Crippen molar-refractivity contribution in [3.63, 3.8) is 0 Å². The SMILES string of the molecule is c1ccc2c(c1)OC[C@@H](CNc1nc3ccccc3o1)O2. The van der Waals surface area contributed by atoms with Gasteiger partial charge in [0.1, 0.15) is 12.1 Å². The van der Waals surface area contributed by atoms with Crippen molar-refractivity contribution in [2.75, 3.05) is 18.5 Å². The minimum atomic E-state index is -0.0742. The summed E-state index contributed by atoms with van der Waals surface area (Å²) >= 11 is 0. The van der Waals surface area contributed by atoms with E-state index in [9.17, 15) is 0 Å². The molecule has 0 saturated heterocycles. The molecule has 5 heteroatoms. The van der Waals surface area contributed by atoms with Gasteiger partial charge in [0.15, 0.2) is 23.2 Å². The van der Waals surface area contributed by atoms with Gasteiger partial charge in [0.05, 0.1) is 6.54 Å². The molecule has 0 fully saturated rings. The average molecular weight is 282 g/mol. The number of nitrogens with zero attached hydrogens (tertiary/aromatic N) is 1. The highest BCUT2D eigenvalue weighted by molar-refractivity contribution is 5.74. The first kappa shape index (κ1) is 12.1. The number of hydrogen-bond donors (Lipinski definition) is 1. The van der Waals surface area contributed by atoms with Crippen LogP contribution >= 0.6 is 0 Å². The quantitative estimate of drug-likeness (QED) is 0.800. The molecule has 3 aromatic rings. The molecule has 5 nitrogen and oxygen atoms in total. The van der Waals surface area contributed by atoms with Crippen LogP contribution in [-0.4, -0.2) is 24.2 Å². The van der Waals surface area contributed by atoms with Crippen LogP contribution in [0.1, 0.15) is 0 Å². The lowest BCUT2D eigenvalue weighted by Gasteiger charge is -2.26. The van der Waals surface area contributed by atoms with Crippen LogP contribution in [0.2, 0.25) is 0 Å². The molecule has 1 aromatic heterocycles. The van der Waals surface area contributed by atoms with Gasteiger partial charge in [0.2, 0.25) is 0 Å². The summed E-state index contributed by atoms with van der Waals surface area (Å²) in [6.07, 6.45) is -0.0742. The fourth-order valence-electron chi connectivity index (χ4n) is 2.31. The van der Waals surface area contributed by atoms with E-state index in [2.05, 4.69) is 10.3 Å². The highest BCUT2D eigenvalue weighted by Gasteiger charge is 2.20. The van der Waals surface area contributed by atoms with E-state index in [-0.39, 0.29) is 6.10 Å². The molecule has 1 N–H and O–H groups in total. The second-order valence-electron chi connectivity index (χ2n) is 4.87. The summed E-state index contributed by atoms with van der Waals surface area (Å²) in [4.78, 5) is 4.37. The van der Waals surface area contributed by atoms with Crippen LogP contribution in [0.5, 0.6) is 11.5 Å². The third-order valence-electron chi connectivity index (χ3n) is 3.34. The predicted octanol–water partition coefficient (Wildman–Crippen LogP) is 3.08. The minimum Gasteiger partial charge on any atom is -0.486 e. The Morgan fingerprint density at radius 2 is 1.86 bits per heavy atom. The normalized spacial score (nSPS) is 16.9. The number of anilines is 1. The van der Waals surface area contributed by atoms with Crippen molar-refractivity contribution in [2.24, 2.45) is 0 Å². The summed E-state index contributed by atoms with van der Waals surface area (Å²) in [7, 11) is 0. The second kappa shape index (κ2) is 5.01. The van der Waals surface area contributed by atoms with Gasteiger partial charge in [-0.15, -0.1) is 0 Å². The third kappa shape index (κ3) is 2.38. The largest absolute Gasteiger partial charge is 0.486 e. The molecule has 106 valence electrons. The van der Waals surface area contributed by atoms with Gasteiger partial charge in [-0.05, 0) is 24.3 Å². The molecule has 4 rings (SSSR count). The van der Waals surface area contributed by atoms with E-state index in [1.165, 1.54) is 0 Å². The Hall–Kier alpha value is -2.69. The number of oxazole rings is 1. The molecular weight excluding hydrogens is 268 g/mol. The molecule has 0 spiro atoms. The summed E-state index contributed by atoms with van der Waals surface area (Å²) in [5.74, 6) is 1.56. The zero-order valence-corrected chi connectivity index (χ0v) is 11.3. The van der Waals surface area contributed by atoms with Gasteiger partial charge in [0, 0.05) is 0 Å². The Morgan fingerprint density at radius 1 is 1.05 bits per heavy atom. The van der Waals surface area contributed by atoms with Gasteiger partial charge in [-0.25, -0.2) is 0 Å². The molecule has 2 aromatic carbocycles. The molecule has 0 amide bonds. The number of nitrogens with one attached hydrogen (secondary N) is 1. The number of ether oxygens (including phenoxy) is 2. The number of aromatic nitrogens is 1. The summed E-state index contributed by atoms with van der Waals surface area (Å²) in [5, 5.41) is 3.15. The first-order valence-electron chi connectivity index (χ1n) is 6.86. The van der Waals surface area contributed by atoms with Gasteiger partial charge in [0.25, 0.3) is 6.01 Å². The molecular formula is C16H14N2O3. The Bertz CT molecular complexity index is 736. The van der Waals surface area contributed by atoms with Crippen molar-refractivity contribution in [2.45, 2.75) is 6.10 Å².